The Balaban J connectivity index is 1.13. The van der Waals surface area contributed by atoms with Gasteiger partial charge in [-0.05, 0) is 57.2 Å². The van der Waals surface area contributed by atoms with Crippen LogP contribution in [-0.4, -0.2) is 46.3 Å². The fourth-order valence-electron chi connectivity index (χ4n) is 3.82. The van der Waals surface area contributed by atoms with Crippen molar-refractivity contribution in [2.75, 3.05) is 25.4 Å². The number of aryl methyl sites for hydroxylation is 1. The van der Waals surface area contributed by atoms with E-state index in [1.807, 2.05) is 42.1 Å². The Bertz CT molecular complexity index is 983. The number of thioether (sulfide) groups is 1. The number of carbonyl (C=O) groups is 1. The number of piperidine rings is 1. The Hall–Kier alpha value is -2.64. The molecule has 0 aliphatic carbocycles. The molecule has 168 valence electrons. The van der Waals surface area contributed by atoms with Crippen molar-refractivity contribution >= 4 is 17.7 Å². The number of amides is 1. The third-order valence-corrected chi connectivity index (χ3v) is 6.83. The molecule has 0 atom stereocenters. The summed E-state index contributed by atoms with van der Waals surface area (Å²) in [6, 6.07) is 18.4. The van der Waals surface area contributed by atoms with Crippen LogP contribution in [0.1, 0.15) is 30.7 Å². The first kappa shape index (κ1) is 22.6. The number of nitrogens with zero attached hydrogens (tertiary/aromatic N) is 3. The molecule has 0 radical (unpaired) electrons. The van der Waals surface area contributed by atoms with Gasteiger partial charge >= 0.3 is 0 Å². The number of hydrogen-bond acceptors (Lipinski definition) is 6. The first-order valence-corrected chi connectivity index (χ1v) is 12.2. The molecule has 1 aromatic heterocycles. The third-order valence-electron chi connectivity index (χ3n) is 5.73. The molecule has 0 spiro atoms. The summed E-state index contributed by atoms with van der Waals surface area (Å²) in [5, 5.41) is 7.21. The van der Waals surface area contributed by atoms with Crippen molar-refractivity contribution in [1.29, 1.82) is 0 Å². The summed E-state index contributed by atoms with van der Waals surface area (Å²) in [6.07, 6.45) is 2.71. The van der Waals surface area contributed by atoms with Gasteiger partial charge in [-0.1, -0.05) is 53.2 Å². The van der Waals surface area contributed by atoms with Crippen LogP contribution in [0, 0.1) is 12.8 Å². The summed E-state index contributed by atoms with van der Waals surface area (Å²) in [7, 11) is 0. The van der Waals surface area contributed by atoms with Crippen LogP contribution in [0.15, 0.2) is 64.0 Å². The van der Waals surface area contributed by atoms with Gasteiger partial charge in [0.25, 0.3) is 0 Å². The minimum absolute atomic E-state index is 0.0959. The van der Waals surface area contributed by atoms with E-state index >= 15 is 0 Å². The molecular formula is C25H30N4O2S. The average Bonchev–Trinajstić information content (AvgIpc) is 3.29. The maximum absolute atomic E-state index is 12.5. The summed E-state index contributed by atoms with van der Waals surface area (Å²) in [6.45, 7) is 5.20. The third kappa shape index (κ3) is 6.43. The molecule has 1 amide bonds. The monoisotopic (exact) mass is 450 g/mol. The Kier molecular flexibility index (Phi) is 7.96. The number of carbonyl (C=O) groups excluding carboxylic acids is 1. The Morgan fingerprint density at radius 2 is 1.88 bits per heavy atom. The van der Waals surface area contributed by atoms with Gasteiger partial charge in [0.15, 0.2) is 0 Å². The van der Waals surface area contributed by atoms with Gasteiger partial charge in [-0.25, -0.2) is 0 Å². The van der Waals surface area contributed by atoms with Crippen LogP contribution in [0.25, 0.3) is 11.4 Å². The van der Waals surface area contributed by atoms with Gasteiger partial charge in [-0.2, -0.15) is 4.98 Å². The number of nitrogens with one attached hydrogen (secondary N) is 1. The van der Waals surface area contributed by atoms with Crippen molar-refractivity contribution < 1.29 is 9.32 Å². The molecule has 1 fully saturated rings. The Morgan fingerprint density at radius 1 is 1.12 bits per heavy atom. The van der Waals surface area contributed by atoms with Gasteiger partial charge in [-0.15, -0.1) is 11.8 Å². The molecule has 1 aliphatic rings. The molecule has 0 bridgehead atoms. The predicted molar refractivity (Wildman–Crippen MR) is 127 cm³/mol. The number of hydrogen-bond donors (Lipinski definition) is 1. The van der Waals surface area contributed by atoms with Crippen LogP contribution in [0.4, 0.5) is 0 Å². The second-order valence-electron chi connectivity index (χ2n) is 8.23. The van der Waals surface area contributed by atoms with E-state index in [0.29, 0.717) is 18.3 Å². The average molecular weight is 451 g/mol. The molecule has 1 saturated heterocycles. The second-order valence-corrected chi connectivity index (χ2v) is 9.40. The SMILES string of the molecule is Cc1ccc(SCCCNC(=O)C2CCN(Cc3nc(-c4ccccc4)no3)CC2)cc1. The lowest BCUT2D eigenvalue weighted by molar-refractivity contribution is -0.126. The van der Waals surface area contributed by atoms with Crippen molar-refractivity contribution in [2.24, 2.45) is 5.92 Å². The highest BCUT2D eigenvalue weighted by Gasteiger charge is 2.25. The van der Waals surface area contributed by atoms with E-state index in [0.717, 1.165) is 50.2 Å². The molecule has 2 aromatic carbocycles. The zero-order valence-corrected chi connectivity index (χ0v) is 19.3. The Labute approximate surface area is 193 Å². The maximum atomic E-state index is 12.5. The lowest BCUT2D eigenvalue weighted by atomic mass is 9.96. The summed E-state index contributed by atoms with van der Waals surface area (Å²) in [4.78, 5) is 20.6. The Morgan fingerprint density at radius 3 is 2.62 bits per heavy atom. The number of benzene rings is 2. The van der Waals surface area contributed by atoms with Crippen LogP contribution in [0.2, 0.25) is 0 Å². The minimum atomic E-state index is 0.0959. The molecule has 1 aliphatic heterocycles. The molecule has 0 saturated carbocycles. The predicted octanol–water partition coefficient (Wildman–Crippen LogP) is 4.56. The summed E-state index contributed by atoms with van der Waals surface area (Å²) in [5.74, 6) is 2.54. The van der Waals surface area contributed by atoms with E-state index in [-0.39, 0.29) is 11.8 Å². The number of rotatable bonds is 9. The van der Waals surface area contributed by atoms with E-state index in [4.69, 9.17) is 4.52 Å². The van der Waals surface area contributed by atoms with E-state index < -0.39 is 0 Å². The quantitative estimate of drug-likeness (QED) is 0.381. The summed E-state index contributed by atoms with van der Waals surface area (Å²) in [5.41, 5.74) is 2.23. The molecule has 7 heteroatoms. The lowest BCUT2D eigenvalue weighted by Crippen LogP contribution is -2.40. The first-order chi connectivity index (χ1) is 15.7. The first-order valence-electron chi connectivity index (χ1n) is 11.2. The fourth-order valence-corrected chi connectivity index (χ4v) is 4.67. The molecule has 1 N–H and O–H groups in total. The zero-order chi connectivity index (χ0) is 22.2. The molecule has 4 rings (SSSR count). The molecule has 0 unspecified atom stereocenters. The number of aromatic nitrogens is 2. The van der Waals surface area contributed by atoms with Crippen LogP contribution in [0.3, 0.4) is 0 Å². The van der Waals surface area contributed by atoms with Crippen LogP contribution >= 0.6 is 11.8 Å². The second kappa shape index (κ2) is 11.3. The molecule has 32 heavy (non-hydrogen) atoms. The van der Waals surface area contributed by atoms with Gasteiger partial charge in [0.05, 0.1) is 6.54 Å². The van der Waals surface area contributed by atoms with E-state index in [9.17, 15) is 4.79 Å². The van der Waals surface area contributed by atoms with E-state index in [2.05, 4.69) is 51.5 Å². The normalized spacial score (nSPS) is 15.0. The van der Waals surface area contributed by atoms with Crippen LogP contribution in [0.5, 0.6) is 0 Å². The van der Waals surface area contributed by atoms with Crippen molar-refractivity contribution in [2.45, 2.75) is 37.6 Å². The van der Waals surface area contributed by atoms with Crippen LogP contribution in [-0.2, 0) is 11.3 Å². The minimum Gasteiger partial charge on any atom is -0.356 e. The van der Waals surface area contributed by atoms with Crippen molar-refractivity contribution in [3.05, 3.63) is 66.1 Å². The van der Waals surface area contributed by atoms with E-state index in [1.165, 1.54) is 10.5 Å². The van der Waals surface area contributed by atoms with Crippen molar-refractivity contribution in [3.8, 4) is 11.4 Å². The highest BCUT2D eigenvalue weighted by molar-refractivity contribution is 7.99. The van der Waals surface area contributed by atoms with Gasteiger partial charge < -0.3 is 9.84 Å². The molecule has 2 heterocycles. The zero-order valence-electron chi connectivity index (χ0n) is 18.5. The summed E-state index contributed by atoms with van der Waals surface area (Å²) >= 11 is 1.84. The lowest BCUT2D eigenvalue weighted by Gasteiger charge is -2.30. The number of likely N-dealkylation sites (tertiary alicyclic amines) is 1. The standard InChI is InChI=1S/C25H30N4O2S/c1-19-8-10-22(11-9-19)32-17-5-14-26-25(30)21-12-15-29(16-13-21)18-23-27-24(28-31-23)20-6-3-2-4-7-20/h2-4,6-11,21H,5,12-18H2,1H3,(H,26,30). The van der Waals surface area contributed by atoms with E-state index in [1.54, 1.807) is 0 Å². The van der Waals surface area contributed by atoms with Gasteiger partial charge in [0.2, 0.25) is 17.6 Å². The van der Waals surface area contributed by atoms with Gasteiger partial charge in [0.1, 0.15) is 0 Å². The highest BCUT2D eigenvalue weighted by atomic mass is 32.2. The molecular weight excluding hydrogens is 420 g/mol. The van der Waals surface area contributed by atoms with Gasteiger partial charge in [-0.3, -0.25) is 9.69 Å². The summed E-state index contributed by atoms with van der Waals surface area (Å²) < 4.78 is 5.43. The van der Waals surface area contributed by atoms with Crippen molar-refractivity contribution in [1.82, 2.24) is 20.4 Å². The highest BCUT2D eigenvalue weighted by Crippen LogP contribution is 2.21. The largest absolute Gasteiger partial charge is 0.356 e. The topological polar surface area (TPSA) is 71.3 Å². The molecule has 3 aromatic rings. The smallest absolute Gasteiger partial charge is 0.241 e. The maximum Gasteiger partial charge on any atom is 0.241 e. The molecule has 6 nitrogen and oxygen atoms in total. The van der Waals surface area contributed by atoms with Crippen molar-refractivity contribution in [3.63, 3.8) is 0 Å². The van der Waals surface area contributed by atoms with Gasteiger partial charge in [0, 0.05) is 22.9 Å². The fraction of sp³-hybridized carbons (Fsp3) is 0.400. The van der Waals surface area contributed by atoms with Crippen LogP contribution < -0.4 is 5.32 Å².